The van der Waals surface area contributed by atoms with Gasteiger partial charge in [-0.1, -0.05) is 0 Å². The molecule has 0 rings (SSSR count). The van der Waals surface area contributed by atoms with Crippen molar-refractivity contribution in [1.29, 1.82) is 0 Å². The Morgan fingerprint density at radius 1 is 1.09 bits per heavy atom. The van der Waals surface area contributed by atoms with Crippen LogP contribution in [0.1, 0.15) is 34.6 Å². The number of rotatable bonds is 2. The van der Waals surface area contributed by atoms with E-state index < -0.39 is 7.26 Å². The van der Waals surface area contributed by atoms with Gasteiger partial charge in [0.15, 0.2) is 0 Å². The molecule has 1 heteroatoms. The van der Waals surface area contributed by atoms with Gasteiger partial charge in [0.25, 0.3) is 0 Å². The van der Waals surface area contributed by atoms with Gasteiger partial charge >= 0.3 is 72.4 Å². The molecule has 0 saturated heterocycles. The zero-order valence-corrected chi connectivity index (χ0v) is 10.3. The normalized spacial score (nSPS) is 15.6. The predicted molar refractivity (Wildman–Crippen MR) is 59.6 cm³/mol. The fraction of sp³-hybridized carbons (Fsp3) is 1.00. The molecule has 0 spiro atoms. The molecule has 0 aliphatic heterocycles. The topological polar surface area (TPSA) is 0 Å². The molecule has 0 heterocycles. The summed E-state index contributed by atoms with van der Waals surface area (Å²) in [6, 6.07) is 0. The second kappa shape index (κ2) is 3.44. The van der Waals surface area contributed by atoms with Crippen LogP contribution in [0.15, 0.2) is 0 Å². The third kappa shape index (κ3) is 4.80. The first-order valence-electron chi connectivity index (χ1n) is 4.65. The van der Waals surface area contributed by atoms with Gasteiger partial charge in [-0.2, -0.15) is 0 Å². The number of hydrogen-bond acceptors (Lipinski definition) is 0. The van der Waals surface area contributed by atoms with E-state index in [0.717, 1.165) is 5.66 Å². The molecule has 0 radical (unpaired) electrons. The summed E-state index contributed by atoms with van der Waals surface area (Å²) in [6.07, 6.45) is 1.44. The number of hydrogen-bond donors (Lipinski definition) is 0. The summed E-state index contributed by atoms with van der Waals surface area (Å²) in [7, 11) is -0.916. The Morgan fingerprint density at radius 3 is 1.55 bits per heavy atom. The average molecular weight is 176 g/mol. The fourth-order valence-corrected chi connectivity index (χ4v) is 4.71. The molecule has 0 aliphatic carbocycles. The van der Waals surface area contributed by atoms with E-state index in [-0.39, 0.29) is 0 Å². The molecule has 0 aromatic rings. The van der Waals surface area contributed by atoms with E-state index in [2.05, 4.69) is 47.9 Å². The van der Waals surface area contributed by atoms with Crippen molar-refractivity contribution >= 4 is 7.26 Å². The van der Waals surface area contributed by atoms with Gasteiger partial charge in [-0.15, -0.1) is 0 Å². The van der Waals surface area contributed by atoms with Crippen LogP contribution in [0.2, 0.25) is 0 Å². The molecule has 0 aliphatic rings. The summed E-state index contributed by atoms with van der Waals surface area (Å²) in [5.41, 5.74) is 1.45. The van der Waals surface area contributed by atoms with Crippen LogP contribution in [0.5, 0.6) is 0 Å². The van der Waals surface area contributed by atoms with Crippen molar-refractivity contribution in [3.63, 3.8) is 0 Å². The second-order valence-corrected chi connectivity index (χ2v) is 11.4. The molecule has 0 bridgehead atoms. The van der Waals surface area contributed by atoms with E-state index in [1.54, 1.807) is 0 Å². The molecular weight excluding hydrogens is 151 g/mol. The molecule has 11 heavy (non-hydrogen) atoms. The van der Waals surface area contributed by atoms with E-state index in [4.69, 9.17) is 0 Å². The van der Waals surface area contributed by atoms with Crippen LogP contribution in [0, 0.1) is 5.41 Å². The SMILES string of the molecule is CC(C)[PH](C)(C)CC(C)(C)C. The van der Waals surface area contributed by atoms with E-state index in [1.807, 2.05) is 0 Å². The summed E-state index contributed by atoms with van der Waals surface area (Å²) in [4.78, 5) is 0. The maximum atomic E-state index is 2.50. The average Bonchev–Trinajstić information content (AvgIpc) is 1.56. The zero-order valence-electron chi connectivity index (χ0n) is 9.28. The Hall–Kier alpha value is 0.430. The molecule has 0 saturated carbocycles. The maximum absolute atomic E-state index is 2.50. The molecule has 0 unspecified atom stereocenters. The molecule has 70 valence electrons. The van der Waals surface area contributed by atoms with Crippen LogP contribution in [0.3, 0.4) is 0 Å². The minimum absolute atomic E-state index is 0.528. The van der Waals surface area contributed by atoms with Crippen molar-refractivity contribution in [1.82, 2.24) is 0 Å². The van der Waals surface area contributed by atoms with Crippen LogP contribution >= 0.6 is 7.26 Å². The summed E-state index contributed by atoms with van der Waals surface area (Å²) in [5.74, 6) is 0. The molecular formula is C10H25P. The van der Waals surface area contributed by atoms with Gasteiger partial charge < -0.3 is 0 Å². The first-order chi connectivity index (χ1) is 4.65. The second-order valence-electron chi connectivity index (χ2n) is 5.88. The molecule has 0 N–H and O–H groups in total. The molecule has 0 aromatic heterocycles. The first-order valence-corrected chi connectivity index (χ1v) is 7.93. The van der Waals surface area contributed by atoms with Crippen molar-refractivity contribution in [2.24, 2.45) is 5.41 Å². The van der Waals surface area contributed by atoms with Crippen LogP contribution in [0.25, 0.3) is 0 Å². The molecule has 0 amide bonds. The van der Waals surface area contributed by atoms with Crippen LogP contribution in [-0.2, 0) is 0 Å². The van der Waals surface area contributed by atoms with Gasteiger partial charge in [0.1, 0.15) is 0 Å². The molecule has 0 atom stereocenters. The van der Waals surface area contributed by atoms with Gasteiger partial charge in [-0.3, -0.25) is 0 Å². The minimum atomic E-state index is -0.916. The van der Waals surface area contributed by atoms with Gasteiger partial charge in [-0.25, -0.2) is 0 Å². The van der Waals surface area contributed by atoms with Gasteiger partial charge in [0.2, 0.25) is 0 Å². The summed E-state index contributed by atoms with van der Waals surface area (Å²) < 4.78 is 0. The monoisotopic (exact) mass is 176 g/mol. The molecule has 0 fully saturated rings. The van der Waals surface area contributed by atoms with E-state index in [0.29, 0.717) is 5.41 Å². The van der Waals surface area contributed by atoms with Gasteiger partial charge in [0.05, 0.1) is 0 Å². The first kappa shape index (κ1) is 11.4. The van der Waals surface area contributed by atoms with E-state index in [1.165, 1.54) is 6.16 Å². The van der Waals surface area contributed by atoms with Crippen molar-refractivity contribution in [2.45, 2.75) is 40.3 Å². The zero-order chi connectivity index (χ0) is 9.28. The van der Waals surface area contributed by atoms with Crippen molar-refractivity contribution in [2.75, 3.05) is 19.5 Å². The van der Waals surface area contributed by atoms with Crippen molar-refractivity contribution in [3.05, 3.63) is 0 Å². The summed E-state index contributed by atoms with van der Waals surface area (Å²) >= 11 is 0. The van der Waals surface area contributed by atoms with Gasteiger partial charge in [0, 0.05) is 0 Å². The van der Waals surface area contributed by atoms with Crippen LogP contribution in [-0.4, -0.2) is 25.2 Å². The third-order valence-electron chi connectivity index (χ3n) is 2.55. The Morgan fingerprint density at radius 2 is 1.45 bits per heavy atom. The van der Waals surface area contributed by atoms with Crippen LogP contribution < -0.4 is 0 Å². The van der Waals surface area contributed by atoms with E-state index in [9.17, 15) is 0 Å². The Bertz CT molecular complexity index is 117. The quantitative estimate of drug-likeness (QED) is 0.565. The van der Waals surface area contributed by atoms with Crippen LogP contribution in [0.4, 0.5) is 0 Å². The standard InChI is InChI=1S/C10H25P/c1-9(2)11(6,7)8-10(3,4)5/h9,11H,8H2,1-7H3. The Labute approximate surface area is 73.1 Å². The summed E-state index contributed by atoms with van der Waals surface area (Å²) in [5, 5.41) is 0. The molecule has 0 aromatic carbocycles. The Kier molecular flexibility index (Phi) is 3.57. The Balaban J connectivity index is 4.13. The van der Waals surface area contributed by atoms with Gasteiger partial charge in [-0.05, 0) is 0 Å². The predicted octanol–water partition coefficient (Wildman–Crippen LogP) is 3.45. The van der Waals surface area contributed by atoms with E-state index >= 15 is 0 Å². The van der Waals surface area contributed by atoms with Crippen molar-refractivity contribution in [3.8, 4) is 0 Å². The third-order valence-corrected chi connectivity index (χ3v) is 7.65. The fourth-order valence-electron chi connectivity index (χ4n) is 1.57. The molecule has 0 nitrogen and oxygen atoms in total. The summed E-state index contributed by atoms with van der Waals surface area (Å²) in [6.45, 7) is 16.8. The van der Waals surface area contributed by atoms with Crippen molar-refractivity contribution < 1.29 is 0 Å².